The lowest BCUT2D eigenvalue weighted by Gasteiger charge is -2.25. The minimum Gasteiger partial charge on any atom is -0.393 e. The highest BCUT2D eigenvalue weighted by Crippen LogP contribution is 2.24. The van der Waals surface area contributed by atoms with E-state index in [1.54, 1.807) is 6.92 Å². The minimum absolute atomic E-state index is 0.00310. The van der Waals surface area contributed by atoms with E-state index in [0.29, 0.717) is 30.1 Å². The Bertz CT molecular complexity index is 577. The molecule has 0 aliphatic heterocycles. The highest BCUT2D eigenvalue weighted by molar-refractivity contribution is 6.02. The van der Waals surface area contributed by atoms with Crippen LogP contribution < -0.4 is 5.32 Å². The van der Waals surface area contributed by atoms with E-state index in [0.717, 1.165) is 43.4 Å². The molecule has 1 saturated carbocycles. The highest BCUT2D eigenvalue weighted by atomic mass is 16.3. The smallest absolute Gasteiger partial charge is 0.268 e. The average molecular weight is 320 g/mol. The van der Waals surface area contributed by atoms with Crippen LogP contribution in [-0.2, 0) is 6.42 Å². The number of aromatic amines is 1. The zero-order valence-electron chi connectivity index (χ0n) is 14.4. The van der Waals surface area contributed by atoms with Crippen LogP contribution in [-0.4, -0.2) is 34.4 Å². The summed E-state index contributed by atoms with van der Waals surface area (Å²) in [5.74, 6) is 0.182. The van der Waals surface area contributed by atoms with E-state index >= 15 is 0 Å². The number of amides is 1. The van der Waals surface area contributed by atoms with E-state index in [1.165, 1.54) is 0 Å². The van der Waals surface area contributed by atoms with Gasteiger partial charge in [0.25, 0.3) is 5.91 Å². The first-order valence-electron chi connectivity index (χ1n) is 8.62. The van der Waals surface area contributed by atoms with Crippen LogP contribution in [0.4, 0.5) is 0 Å². The summed E-state index contributed by atoms with van der Waals surface area (Å²) >= 11 is 0. The van der Waals surface area contributed by atoms with Crippen LogP contribution in [0.5, 0.6) is 0 Å². The number of Topliss-reactive ketones (excluding diaryl/α,β-unsaturated/α-hetero) is 1. The van der Waals surface area contributed by atoms with Gasteiger partial charge in [0.2, 0.25) is 0 Å². The second-order valence-electron chi connectivity index (χ2n) is 6.68. The molecule has 1 fully saturated rings. The number of rotatable bonds is 6. The van der Waals surface area contributed by atoms with Crippen molar-refractivity contribution in [2.45, 2.75) is 65.4 Å². The van der Waals surface area contributed by atoms with E-state index < -0.39 is 0 Å². The van der Waals surface area contributed by atoms with Crippen LogP contribution in [0.1, 0.15) is 78.1 Å². The lowest BCUT2D eigenvalue weighted by Crippen LogP contribution is -2.33. The third kappa shape index (κ3) is 4.22. The fraction of sp³-hybridized carbons (Fsp3) is 0.667. The summed E-state index contributed by atoms with van der Waals surface area (Å²) in [5, 5.41) is 12.7. The van der Waals surface area contributed by atoms with Gasteiger partial charge in [-0.1, -0.05) is 19.8 Å². The first kappa shape index (κ1) is 17.7. The quantitative estimate of drug-likeness (QED) is 0.705. The molecule has 2 unspecified atom stereocenters. The zero-order chi connectivity index (χ0) is 17.0. The van der Waals surface area contributed by atoms with Gasteiger partial charge >= 0.3 is 0 Å². The van der Waals surface area contributed by atoms with Crippen molar-refractivity contribution in [3.05, 3.63) is 22.5 Å². The summed E-state index contributed by atoms with van der Waals surface area (Å²) in [5.41, 5.74) is 2.77. The Balaban J connectivity index is 2.09. The summed E-state index contributed by atoms with van der Waals surface area (Å²) in [4.78, 5) is 27.5. The number of carbonyl (C=O) groups is 2. The lowest BCUT2D eigenvalue weighted by molar-refractivity contribution is 0.0870. The lowest BCUT2D eigenvalue weighted by atomic mass is 9.87. The predicted octanol–water partition coefficient (Wildman–Crippen LogP) is 2.76. The number of hydrogen-bond donors (Lipinski definition) is 3. The van der Waals surface area contributed by atoms with Gasteiger partial charge in [-0.15, -0.1) is 0 Å². The second-order valence-corrected chi connectivity index (χ2v) is 6.68. The SMILES string of the molecule is CCCc1c(C(=O)NCC2CCCC(O)C2)[nH]c(C)c1C(C)=O. The summed E-state index contributed by atoms with van der Waals surface area (Å²) < 4.78 is 0. The van der Waals surface area contributed by atoms with Gasteiger partial charge in [0, 0.05) is 17.8 Å². The standard InChI is InChI=1S/C18H28N2O3/c1-4-6-15-16(12(3)21)11(2)20-17(15)18(23)19-10-13-7-5-8-14(22)9-13/h13-14,20,22H,4-10H2,1-3H3,(H,19,23). The molecule has 23 heavy (non-hydrogen) atoms. The molecule has 1 heterocycles. The van der Waals surface area contributed by atoms with Gasteiger partial charge in [0.1, 0.15) is 5.69 Å². The number of H-pyrrole nitrogens is 1. The van der Waals surface area contributed by atoms with Crippen molar-refractivity contribution in [2.24, 2.45) is 5.92 Å². The van der Waals surface area contributed by atoms with Gasteiger partial charge < -0.3 is 15.4 Å². The first-order chi connectivity index (χ1) is 10.9. The molecule has 0 spiro atoms. The van der Waals surface area contributed by atoms with Gasteiger partial charge in [-0.3, -0.25) is 9.59 Å². The second kappa shape index (κ2) is 7.77. The molecular weight excluding hydrogens is 292 g/mol. The number of ketones is 1. The summed E-state index contributed by atoms with van der Waals surface area (Å²) in [6.45, 7) is 6.00. The Morgan fingerprint density at radius 3 is 2.70 bits per heavy atom. The molecule has 1 aliphatic carbocycles. The maximum Gasteiger partial charge on any atom is 0.268 e. The largest absolute Gasteiger partial charge is 0.393 e. The van der Waals surface area contributed by atoms with Crippen LogP contribution in [0.3, 0.4) is 0 Å². The summed E-state index contributed by atoms with van der Waals surface area (Å²) in [6.07, 6.45) is 5.03. The molecule has 0 aromatic carbocycles. The predicted molar refractivity (Wildman–Crippen MR) is 89.8 cm³/mol. The van der Waals surface area contributed by atoms with E-state index in [9.17, 15) is 14.7 Å². The molecule has 0 radical (unpaired) electrons. The topological polar surface area (TPSA) is 82.2 Å². The Morgan fingerprint density at radius 1 is 1.35 bits per heavy atom. The molecule has 128 valence electrons. The number of aromatic nitrogens is 1. The summed E-state index contributed by atoms with van der Waals surface area (Å²) in [6, 6.07) is 0. The monoisotopic (exact) mass is 320 g/mol. The van der Waals surface area contributed by atoms with Crippen LogP contribution >= 0.6 is 0 Å². The minimum atomic E-state index is -0.238. The van der Waals surface area contributed by atoms with Crippen molar-refractivity contribution in [1.82, 2.24) is 10.3 Å². The number of aliphatic hydroxyl groups is 1. The number of carbonyl (C=O) groups excluding carboxylic acids is 2. The van der Waals surface area contributed by atoms with Crippen LogP contribution in [0.15, 0.2) is 0 Å². The number of aryl methyl sites for hydroxylation is 1. The van der Waals surface area contributed by atoms with Crippen molar-refractivity contribution in [3.63, 3.8) is 0 Å². The van der Waals surface area contributed by atoms with Gasteiger partial charge in [0.15, 0.2) is 5.78 Å². The van der Waals surface area contributed by atoms with Gasteiger partial charge in [-0.2, -0.15) is 0 Å². The van der Waals surface area contributed by atoms with Crippen molar-refractivity contribution in [2.75, 3.05) is 6.54 Å². The zero-order valence-corrected chi connectivity index (χ0v) is 14.4. The maximum absolute atomic E-state index is 12.5. The Kier molecular flexibility index (Phi) is 5.99. The molecule has 3 N–H and O–H groups in total. The fourth-order valence-electron chi connectivity index (χ4n) is 3.62. The molecule has 1 aromatic rings. The molecule has 0 bridgehead atoms. The van der Waals surface area contributed by atoms with Crippen molar-refractivity contribution in [1.29, 1.82) is 0 Å². The molecule has 1 aliphatic rings. The Morgan fingerprint density at radius 2 is 2.09 bits per heavy atom. The molecular formula is C18H28N2O3. The molecule has 1 aromatic heterocycles. The van der Waals surface area contributed by atoms with E-state index in [-0.39, 0.29) is 17.8 Å². The molecule has 2 rings (SSSR count). The highest BCUT2D eigenvalue weighted by Gasteiger charge is 2.24. The van der Waals surface area contributed by atoms with E-state index in [1.807, 2.05) is 13.8 Å². The third-order valence-corrected chi connectivity index (χ3v) is 4.68. The number of nitrogens with one attached hydrogen (secondary N) is 2. The first-order valence-corrected chi connectivity index (χ1v) is 8.62. The molecule has 5 nitrogen and oxygen atoms in total. The van der Waals surface area contributed by atoms with Crippen LogP contribution in [0.25, 0.3) is 0 Å². The van der Waals surface area contributed by atoms with Crippen LogP contribution in [0, 0.1) is 12.8 Å². The number of hydrogen-bond acceptors (Lipinski definition) is 3. The third-order valence-electron chi connectivity index (χ3n) is 4.68. The Hall–Kier alpha value is -1.62. The fourth-order valence-corrected chi connectivity index (χ4v) is 3.62. The Labute approximate surface area is 137 Å². The van der Waals surface area contributed by atoms with Crippen molar-refractivity contribution in [3.8, 4) is 0 Å². The van der Waals surface area contributed by atoms with E-state index in [2.05, 4.69) is 10.3 Å². The van der Waals surface area contributed by atoms with Gasteiger partial charge in [0.05, 0.1) is 6.10 Å². The molecule has 5 heteroatoms. The van der Waals surface area contributed by atoms with Gasteiger partial charge in [-0.25, -0.2) is 0 Å². The average Bonchev–Trinajstić information content (AvgIpc) is 2.82. The summed E-state index contributed by atoms with van der Waals surface area (Å²) in [7, 11) is 0. The normalized spacial score (nSPS) is 21.2. The van der Waals surface area contributed by atoms with E-state index in [4.69, 9.17) is 0 Å². The maximum atomic E-state index is 12.5. The number of aliphatic hydroxyl groups excluding tert-OH is 1. The van der Waals surface area contributed by atoms with Crippen molar-refractivity contribution < 1.29 is 14.7 Å². The van der Waals surface area contributed by atoms with Gasteiger partial charge in [-0.05, 0) is 51.0 Å². The van der Waals surface area contributed by atoms with Crippen LogP contribution in [0.2, 0.25) is 0 Å². The molecule has 2 atom stereocenters. The molecule has 0 saturated heterocycles. The molecule has 1 amide bonds. The van der Waals surface area contributed by atoms with Crippen molar-refractivity contribution >= 4 is 11.7 Å².